The molecule has 1 aliphatic heterocycles. The number of primary amides is 1. The summed E-state index contributed by atoms with van der Waals surface area (Å²) in [6.45, 7) is 6.95. The summed E-state index contributed by atoms with van der Waals surface area (Å²) in [6, 6.07) is 6.36. The van der Waals surface area contributed by atoms with Crippen LogP contribution in [-0.2, 0) is 16.1 Å². The fraction of sp³-hybridized carbons (Fsp3) is 0.438. The molecule has 0 unspecified atom stereocenters. The number of rotatable bonds is 3. The second kappa shape index (κ2) is 5.50. The number of hydrogen-bond donors (Lipinski definition) is 2. The van der Waals surface area contributed by atoms with Gasteiger partial charge in [-0.15, -0.1) is 0 Å². The lowest BCUT2D eigenvalue weighted by Crippen LogP contribution is -2.47. The number of nitrogens with two attached hydrogens (primary N) is 1. The fourth-order valence-corrected chi connectivity index (χ4v) is 2.93. The number of H-pyrrole nitrogens is 1. The number of aromatic nitrogens is 1. The van der Waals surface area contributed by atoms with Gasteiger partial charge < -0.3 is 15.5 Å². The first-order valence-corrected chi connectivity index (χ1v) is 7.26. The molecule has 2 heterocycles. The first-order valence-electron chi connectivity index (χ1n) is 7.26. The van der Waals surface area contributed by atoms with Gasteiger partial charge in [0.15, 0.2) is 0 Å². The van der Waals surface area contributed by atoms with Gasteiger partial charge in [0.25, 0.3) is 0 Å². The number of morpholine rings is 1. The van der Waals surface area contributed by atoms with Gasteiger partial charge in [-0.3, -0.25) is 9.69 Å². The summed E-state index contributed by atoms with van der Waals surface area (Å²) in [4.78, 5) is 17.0. The molecule has 0 aliphatic carbocycles. The molecule has 0 spiro atoms. The van der Waals surface area contributed by atoms with E-state index < -0.39 is 6.10 Å². The summed E-state index contributed by atoms with van der Waals surface area (Å²) in [5.74, 6) is -0.385. The molecule has 0 radical (unpaired) electrons. The number of nitrogens with zero attached hydrogens (tertiary/aromatic N) is 1. The Labute approximate surface area is 124 Å². The predicted molar refractivity (Wildman–Crippen MR) is 82.0 cm³/mol. The van der Waals surface area contributed by atoms with E-state index in [1.54, 1.807) is 0 Å². The number of fused-ring (bicyclic) bond motifs is 1. The number of aryl methyl sites for hydroxylation is 2. The van der Waals surface area contributed by atoms with Gasteiger partial charge >= 0.3 is 0 Å². The van der Waals surface area contributed by atoms with Crippen LogP contribution in [0.4, 0.5) is 0 Å². The topological polar surface area (TPSA) is 71.3 Å². The monoisotopic (exact) mass is 287 g/mol. The Bertz CT molecular complexity index is 677. The van der Waals surface area contributed by atoms with E-state index in [0.29, 0.717) is 13.2 Å². The van der Waals surface area contributed by atoms with E-state index in [2.05, 4.69) is 41.9 Å². The van der Waals surface area contributed by atoms with Crippen LogP contribution in [0.3, 0.4) is 0 Å². The van der Waals surface area contributed by atoms with Crippen molar-refractivity contribution >= 4 is 16.8 Å². The van der Waals surface area contributed by atoms with Gasteiger partial charge in [0.2, 0.25) is 5.91 Å². The van der Waals surface area contributed by atoms with Gasteiger partial charge in [-0.05, 0) is 25.0 Å². The summed E-state index contributed by atoms with van der Waals surface area (Å²) in [5, 5.41) is 1.27. The van der Waals surface area contributed by atoms with Gasteiger partial charge in [0.1, 0.15) is 6.10 Å². The van der Waals surface area contributed by atoms with Crippen LogP contribution in [-0.4, -0.2) is 41.6 Å². The minimum absolute atomic E-state index is 0.385. The maximum atomic E-state index is 11.3. The Morgan fingerprint density at radius 1 is 1.48 bits per heavy atom. The van der Waals surface area contributed by atoms with Crippen LogP contribution in [0.1, 0.15) is 16.8 Å². The molecular formula is C16H21N3O2. The third-order valence-electron chi connectivity index (χ3n) is 4.29. The number of ether oxygens (including phenoxy) is 1. The van der Waals surface area contributed by atoms with Crippen molar-refractivity contribution < 1.29 is 9.53 Å². The van der Waals surface area contributed by atoms with Gasteiger partial charge in [-0.2, -0.15) is 0 Å². The minimum Gasteiger partial charge on any atom is -0.367 e. The van der Waals surface area contributed by atoms with Crippen molar-refractivity contribution in [3.63, 3.8) is 0 Å². The number of benzene rings is 1. The Kier molecular flexibility index (Phi) is 3.69. The molecule has 1 saturated heterocycles. The quantitative estimate of drug-likeness (QED) is 0.898. The highest BCUT2D eigenvalue weighted by molar-refractivity contribution is 5.87. The van der Waals surface area contributed by atoms with Crippen molar-refractivity contribution in [2.75, 3.05) is 19.7 Å². The zero-order chi connectivity index (χ0) is 15.0. The number of para-hydroxylation sites is 1. The Balaban J connectivity index is 1.85. The molecule has 1 amide bonds. The summed E-state index contributed by atoms with van der Waals surface area (Å²) < 4.78 is 5.39. The van der Waals surface area contributed by atoms with E-state index in [1.165, 1.54) is 27.7 Å². The van der Waals surface area contributed by atoms with Crippen LogP contribution in [0.25, 0.3) is 10.9 Å². The third kappa shape index (κ3) is 2.66. The van der Waals surface area contributed by atoms with Crippen LogP contribution in [0.15, 0.2) is 18.2 Å². The van der Waals surface area contributed by atoms with Crippen molar-refractivity contribution in [3.05, 3.63) is 35.0 Å². The second-order valence-corrected chi connectivity index (χ2v) is 5.71. The van der Waals surface area contributed by atoms with Gasteiger partial charge in [0.05, 0.1) is 12.1 Å². The summed E-state index contributed by atoms with van der Waals surface area (Å²) >= 11 is 0. The van der Waals surface area contributed by atoms with Crippen LogP contribution >= 0.6 is 0 Å². The van der Waals surface area contributed by atoms with Crippen molar-refractivity contribution in [1.29, 1.82) is 0 Å². The van der Waals surface area contributed by atoms with E-state index in [-0.39, 0.29) is 5.91 Å². The van der Waals surface area contributed by atoms with E-state index >= 15 is 0 Å². The number of carbonyl (C=O) groups is 1. The van der Waals surface area contributed by atoms with Crippen LogP contribution in [0.5, 0.6) is 0 Å². The first kappa shape index (κ1) is 14.1. The number of amides is 1. The molecule has 3 rings (SSSR count). The summed E-state index contributed by atoms with van der Waals surface area (Å²) in [7, 11) is 0. The maximum absolute atomic E-state index is 11.3. The average molecular weight is 287 g/mol. The van der Waals surface area contributed by atoms with E-state index in [9.17, 15) is 4.79 Å². The molecule has 112 valence electrons. The fourth-order valence-electron chi connectivity index (χ4n) is 2.93. The zero-order valence-electron chi connectivity index (χ0n) is 12.5. The van der Waals surface area contributed by atoms with Gasteiger partial charge in [-0.1, -0.05) is 18.2 Å². The van der Waals surface area contributed by atoms with Gasteiger partial charge in [-0.25, -0.2) is 0 Å². The highest BCUT2D eigenvalue weighted by atomic mass is 16.5. The van der Waals surface area contributed by atoms with Crippen molar-refractivity contribution in [3.8, 4) is 0 Å². The zero-order valence-corrected chi connectivity index (χ0v) is 12.5. The summed E-state index contributed by atoms with van der Waals surface area (Å²) in [6.07, 6.45) is -0.495. The molecule has 0 saturated carbocycles. The van der Waals surface area contributed by atoms with Crippen molar-refractivity contribution in [2.45, 2.75) is 26.5 Å². The number of aromatic amines is 1. The Morgan fingerprint density at radius 3 is 3.05 bits per heavy atom. The molecular weight excluding hydrogens is 266 g/mol. The van der Waals surface area contributed by atoms with E-state index in [1.807, 2.05) is 0 Å². The summed E-state index contributed by atoms with van der Waals surface area (Å²) in [5.41, 5.74) is 10.3. The van der Waals surface area contributed by atoms with Crippen molar-refractivity contribution in [2.24, 2.45) is 5.73 Å². The first-order chi connectivity index (χ1) is 10.1. The average Bonchev–Trinajstić information content (AvgIpc) is 2.76. The molecule has 5 nitrogen and oxygen atoms in total. The highest BCUT2D eigenvalue weighted by Gasteiger charge is 2.25. The number of carbonyl (C=O) groups excluding carboxylic acids is 1. The molecule has 2 aromatic rings. The van der Waals surface area contributed by atoms with Gasteiger partial charge in [0, 0.05) is 30.7 Å². The van der Waals surface area contributed by atoms with E-state index in [4.69, 9.17) is 10.5 Å². The third-order valence-corrected chi connectivity index (χ3v) is 4.29. The molecule has 1 aromatic carbocycles. The molecule has 1 fully saturated rings. The van der Waals surface area contributed by atoms with Crippen molar-refractivity contribution in [1.82, 2.24) is 9.88 Å². The smallest absolute Gasteiger partial charge is 0.247 e. The lowest BCUT2D eigenvalue weighted by molar-refractivity contribution is -0.135. The molecule has 1 aliphatic rings. The molecule has 1 atom stereocenters. The highest BCUT2D eigenvalue weighted by Crippen LogP contribution is 2.25. The lowest BCUT2D eigenvalue weighted by atomic mass is 10.1. The second-order valence-electron chi connectivity index (χ2n) is 5.71. The Morgan fingerprint density at radius 2 is 2.29 bits per heavy atom. The molecule has 3 N–H and O–H groups in total. The molecule has 5 heteroatoms. The molecule has 21 heavy (non-hydrogen) atoms. The largest absolute Gasteiger partial charge is 0.367 e. The molecule has 1 aromatic heterocycles. The van der Waals surface area contributed by atoms with Crippen LogP contribution < -0.4 is 5.73 Å². The molecule has 0 bridgehead atoms. The maximum Gasteiger partial charge on any atom is 0.247 e. The SMILES string of the molecule is Cc1[nH]c2c(CN3CCO[C@@H](C(N)=O)C3)cccc2c1C. The van der Waals surface area contributed by atoms with Crippen LogP contribution in [0.2, 0.25) is 0 Å². The number of nitrogens with one attached hydrogen (secondary N) is 1. The van der Waals surface area contributed by atoms with Crippen LogP contribution in [0, 0.1) is 13.8 Å². The predicted octanol–water partition coefficient (Wildman–Crippen LogP) is 1.47. The standard InChI is InChI=1S/C16H21N3O2/c1-10-11(2)18-15-12(4-3-5-13(10)15)8-19-6-7-21-14(9-19)16(17)20/h3-5,14,18H,6-9H2,1-2H3,(H2,17,20)/t14-/m1/s1. The normalized spacial score (nSPS) is 20.0. The van der Waals surface area contributed by atoms with E-state index in [0.717, 1.165) is 13.1 Å². The Hall–Kier alpha value is -1.85. The lowest BCUT2D eigenvalue weighted by Gasteiger charge is -2.31. The minimum atomic E-state index is -0.495. The number of hydrogen-bond acceptors (Lipinski definition) is 3.